The van der Waals surface area contributed by atoms with Gasteiger partial charge in [-0.05, 0) is 24.5 Å². The van der Waals surface area contributed by atoms with Gasteiger partial charge in [-0.25, -0.2) is 0 Å². The molecule has 0 spiro atoms. The van der Waals surface area contributed by atoms with Gasteiger partial charge in [-0.2, -0.15) is 0 Å². The number of benzene rings is 1. The highest BCUT2D eigenvalue weighted by Gasteiger charge is 2.27. The van der Waals surface area contributed by atoms with E-state index in [0.717, 1.165) is 36.1 Å². The SMILES string of the molecule is CCCC(O)c1cc(CC)cc2c1OCCC2NC(C)=O. The number of fused-ring (bicyclic) bond motifs is 1. The van der Waals surface area contributed by atoms with E-state index in [1.807, 2.05) is 6.07 Å². The molecule has 4 heteroatoms. The van der Waals surface area contributed by atoms with Crippen molar-refractivity contribution in [1.82, 2.24) is 5.32 Å². The van der Waals surface area contributed by atoms with Crippen LogP contribution in [0, 0.1) is 0 Å². The molecule has 1 amide bonds. The molecule has 0 bridgehead atoms. The maximum absolute atomic E-state index is 11.4. The van der Waals surface area contributed by atoms with E-state index in [9.17, 15) is 9.90 Å². The van der Waals surface area contributed by atoms with E-state index in [1.54, 1.807) is 0 Å². The van der Waals surface area contributed by atoms with Crippen molar-refractivity contribution in [2.75, 3.05) is 6.61 Å². The van der Waals surface area contributed by atoms with Crippen molar-refractivity contribution in [3.63, 3.8) is 0 Å². The van der Waals surface area contributed by atoms with Gasteiger partial charge in [-0.15, -0.1) is 0 Å². The molecule has 4 nitrogen and oxygen atoms in total. The van der Waals surface area contributed by atoms with E-state index in [0.29, 0.717) is 13.0 Å². The van der Waals surface area contributed by atoms with Crippen LogP contribution in [0.2, 0.25) is 0 Å². The standard InChI is InChI=1S/C17H25NO3/c1-4-6-16(20)14-10-12(5-2)9-13-15(18-11(3)19)7-8-21-17(13)14/h9-10,15-16,20H,4-8H2,1-3H3,(H,18,19). The zero-order valence-electron chi connectivity index (χ0n) is 13.1. The Morgan fingerprint density at radius 3 is 2.86 bits per heavy atom. The Morgan fingerprint density at radius 1 is 1.48 bits per heavy atom. The third-order valence-corrected chi connectivity index (χ3v) is 3.94. The van der Waals surface area contributed by atoms with Crippen LogP contribution >= 0.6 is 0 Å². The second-order valence-electron chi connectivity index (χ2n) is 5.65. The minimum absolute atomic E-state index is 0.0228. The van der Waals surface area contributed by atoms with Gasteiger partial charge < -0.3 is 15.2 Å². The van der Waals surface area contributed by atoms with Crippen molar-refractivity contribution in [2.24, 2.45) is 0 Å². The summed E-state index contributed by atoms with van der Waals surface area (Å²) in [4.78, 5) is 11.4. The molecule has 1 aromatic rings. The minimum atomic E-state index is -0.508. The smallest absolute Gasteiger partial charge is 0.217 e. The first-order valence-corrected chi connectivity index (χ1v) is 7.81. The van der Waals surface area contributed by atoms with Crippen LogP contribution in [0.25, 0.3) is 0 Å². The summed E-state index contributed by atoms with van der Waals surface area (Å²) < 4.78 is 5.82. The molecule has 1 heterocycles. The van der Waals surface area contributed by atoms with E-state index in [2.05, 4.69) is 25.2 Å². The Morgan fingerprint density at radius 2 is 2.24 bits per heavy atom. The molecule has 0 fully saturated rings. The van der Waals surface area contributed by atoms with Crippen LogP contribution in [0.3, 0.4) is 0 Å². The third kappa shape index (κ3) is 3.56. The average Bonchev–Trinajstić information content (AvgIpc) is 2.46. The molecule has 2 atom stereocenters. The summed E-state index contributed by atoms with van der Waals surface area (Å²) in [5, 5.41) is 13.4. The topological polar surface area (TPSA) is 58.6 Å². The summed E-state index contributed by atoms with van der Waals surface area (Å²) in [5.74, 6) is 0.726. The van der Waals surface area contributed by atoms with Gasteiger partial charge in [0.15, 0.2) is 0 Å². The number of carbonyl (C=O) groups excluding carboxylic acids is 1. The second kappa shape index (κ2) is 6.94. The first-order valence-electron chi connectivity index (χ1n) is 7.81. The normalized spacial score (nSPS) is 18.6. The summed E-state index contributed by atoms with van der Waals surface area (Å²) >= 11 is 0. The van der Waals surface area contributed by atoms with Crippen LogP contribution < -0.4 is 10.1 Å². The van der Waals surface area contributed by atoms with Crippen LogP contribution in [-0.4, -0.2) is 17.6 Å². The summed E-state index contributed by atoms with van der Waals surface area (Å²) in [7, 11) is 0. The van der Waals surface area contributed by atoms with Crippen molar-refractivity contribution in [1.29, 1.82) is 0 Å². The molecule has 21 heavy (non-hydrogen) atoms. The first kappa shape index (κ1) is 15.8. The van der Waals surface area contributed by atoms with Crippen LogP contribution in [0.15, 0.2) is 12.1 Å². The molecule has 2 N–H and O–H groups in total. The summed E-state index contributed by atoms with van der Waals surface area (Å²) in [6.07, 6.45) is 2.79. The minimum Gasteiger partial charge on any atom is -0.493 e. The summed E-state index contributed by atoms with van der Waals surface area (Å²) in [5.41, 5.74) is 3.03. The van der Waals surface area contributed by atoms with Crippen LogP contribution in [0.1, 0.15) is 68.9 Å². The first-order chi connectivity index (χ1) is 10.1. The molecule has 0 saturated carbocycles. The van der Waals surface area contributed by atoms with E-state index in [-0.39, 0.29) is 11.9 Å². The molecule has 1 aliphatic rings. The fourth-order valence-corrected chi connectivity index (χ4v) is 2.87. The monoisotopic (exact) mass is 291 g/mol. The number of aliphatic hydroxyl groups is 1. The predicted octanol–water partition coefficient (Wildman–Crippen LogP) is 3.04. The number of rotatable bonds is 5. The van der Waals surface area contributed by atoms with Gasteiger partial charge in [0, 0.05) is 24.5 Å². The number of ether oxygens (including phenoxy) is 1. The average molecular weight is 291 g/mol. The molecule has 1 aliphatic heterocycles. The van der Waals surface area contributed by atoms with Crippen molar-refractivity contribution < 1.29 is 14.6 Å². The Balaban J connectivity index is 2.45. The molecule has 0 aliphatic carbocycles. The van der Waals surface area contributed by atoms with E-state index in [4.69, 9.17) is 4.74 Å². The molecule has 0 radical (unpaired) electrons. The van der Waals surface area contributed by atoms with Gasteiger partial charge in [-0.3, -0.25) is 4.79 Å². The lowest BCUT2D eigenvalue weighted by atomic mass is 9.91. The highest BCUT2D eigenvalue weighted by atomic mass is 16.5. The second-order valence-corrected chi connectivity index (χ2v) is 5.65. The summed E-state index contributed by atoms with van der Waals surface area (Å²) in [6.45, 7) is 6.25. The maximum atomic E-state index is 11.4. The molecule has 2 unspecified atom stereocenters. The highest BCUT2D eigenvalue weighted by molar-refractivity contribution is 5.73. The number of aliphatic hydroxyl groups excluding tert-OH is 1. The molecule has 1 aromatic carbocycles. The van der Waals surface area contributed by atoms with Crippen LogP contribution in [0.5, 0.6) is 5.75 Å². The lowest BCUT2D eigenvalue weighted by molar-refractivity contribution is -0.119. The van der Waals surface area contributed by atoms with E-state index in [1.165, 1.54) is 12.5 Å². The molecule has 116 valence electrons. The van der Waals surface area contributed by atoms with E-state index < -0.39 is 6.10 Å². The van der Waals surface area contributed by atoms with Crippen molar-refractivity contribution in [3.8, 4) is 5.75 Å². The number of amides is 1. The van der Waals surface area contributed by atoms with Crippen molar-refractivity contribution >= 4 is 5.91 Å². The zero-order valence-corrected chi connectivity index (χ0v) is 13.1. The maximum Gasteiger partial charge on any atom is 0.217 e. The summed E-state index contributed by atoms with van der Waals surface area (Å²) in [6, 6.07) is 4.11. The Bertz CT molecular complexity index is 513. The Kier molecular flexibility index (Phi) is 5.23. The van der Waals surface area contributed by atoms with Crippen LogP contribution in [-0.2, 0) is 11.2 Å². The molecule has 0 aromatic heterocycles. The quantitative estimate of drug-likeness (QED) is 0.876. The van der Waals surface area contributed by atoms with Gasteiger partial charge in [0.1, 0.15) is 5.75 Å². The third-order valence-electron chi connectivity index (χ3n) is 3.94. The van der Waals surface area contributed by atoms with Gasteiger partial charge in [-0.1, -0.05) is 26.3 Å². The number of hydrogen-bond donors (Lipinski definition) is 2. The fraction of sp³-hybridized carbons (Fsp3) is 0.588. The Hall–Kier alpha value is -1.55. The van der Waals surface area contributed by atoms with Gasteiger partial charge >= 0.3 is 0 Å². The highest BCUT2D eigenvalue weighted by Crippen LogP contribution is 2.40. The number of nitrogens with one attached hydrogen (secondary N) is 1. The van der Waals surface area contributed by atoms with Crippen molar-refractivity contribution in [3.05, 3.63) is 28.8 Å². The number of hydrogen-bond acceptors (Lipinski definition) is 3. The fourth-order valence-electron chi connectivity index (χ4n) is 2.87. The number of carbonyl (C=O) groups is 1. The Labute approximate surface area is 126 Å². The number of aryl methyl sites for hydroxylation is 1. The molecule has 2 rings (SSSR count). The van der Waals surface area contributed by atoms with Gasteiger partial charge in [0.25, 0.3) is 0 Å². The predicted molar refractivity (Wildman–Crippen MR) is 82.4 cm³/mol. The van der Waals surface area contributed by atoms with Gasteiger partial charge in [0.2, 0.25) is 5.91 Å². The van der Waals surface area contributed by atoms with Gasteiger partial charge in [0.05, 0.1) is 18.8 Å². The van der Waals surface area contributed by atoms with Crippen LogP contribution in [0.4, 0.5) is 0 Å². The lowest BCUT2D eigenvalue weighted by Gasteiger charge is -2.30. The molecular formula is C17H25NO3. The zero-order chi connectivity index (χ0) is 15.4. The molecule has 0 saturated heterocycles. The largest absolute Gasteiger partial charge is 0.493 e. The lowest BCUT2D eigenvalue weighted by Crippen LogP contribution is -2.31. The van der Waals surface area contributed by atoms with E-state index >= 15 is 0 Å². The molecular weight excluding hydrogens is 266 g/mol. The van der Waals surface area contributed by atoms with Crippen molar-refractivity contribution in [2.45, 2.75) is 58.6 Å².